The number of amides is 1. The first-order valence-corrected chi connectivity index (χ1v) is 7.62. The monoisotopic (exact) mass is 275 g/mol. The predicted octanol–water partition coefficient (Wildman–Crippen LogP) is 2.69. The highest BCUT2D eigenvalue weighted by Gasteiger charge is 2.45. The third-order valence-electron chi connectivity index (χ3n) is 4.45. The van der Waals surface area contributed by atoms with Crippen LogP contribution in [0, 0.1) is 6.92 Å². The summed E-state index contributed by atoms with van der Waals surface area (Å²) in [4.78, 5) is 12.5. The Labute approximate surface area is 121 Å². The van der Waals surface area contributed by atoms with E-state index in [2.05, 4.69) is 30.4 Å². The Hall–Kier alpha value is -1.35. The van der Waals surface area contributed by atoms with Gasteiger partial charge in [0.1, 0.15) is 0 Å². The molecule has 20 heavy (non-hydrogen) atoms. The molecular formula is C17H25NO2. The summed E-state index contributed by atoms with van der Waals surface area (Å²) in [6.45, 7) is 4.57. The van der Waals surface area contributed by atoms with Crippen molar-refractivity contribution in [2.24, 2.45) is 0 Å². The van der Waals surface area contributed by atoms with Gasteiger partial charge in [0.15, 0.2) is 0 Å². The average molecular weight is 275 g/mol. The van der Waals surface area contributed by atoms with Gasteiger partial charge in [0.2, 0.25) is 5.91 Å². The van der Waals surface area contributed by atoms with Gasteiger partial charge in [-0.05, 0) is 38.2 Å². The Morgan fingerprint density at radius 2 is 2.20 bits per heavy atom. The lowest BCUT2D eigenvalue weighted by Gasteiger charge is -2.41. The second-order valence-electron chi connectivity index (χ2n) is 5.91. The highest BCUT2D eigenvalue weighted by Crippen LogP contribution is 2.44. The van der Waals surface area contributed by atoms with E-state index in [0.717, 1.165) is 31.2 Å². The molecule has 0 radical (unpaired) electrons. The van der Waals surface area contributed by atoms with Crippen molar-refractivity contribution >= 4 is 5.91 Å². The number of carbonyl (C=O) groups excluding carboxylic acids is 1. The van der Waals surface area contributed by atoms with Crippen molar-refractivity contribution < 1.29 is 9.90 Å². The van der Waals surface area contributed by atoms with Gasteiger partial charge in [-0.2, -0.15) is 0 Å². The molecule has 1 aliphatic rings. The molecule has 1 unspecified atom stereocenters. The van der Waals surface area contributed by atoms with Gasteiger partial charge in [0.25, 0.3) is 0 Å². The van der Waals surface area contributed by atoms with Crippen LogP contribution in [0.1, 0.15) is 50.2 Å². The number of rotatable bonds is 6. The van der Waals surface area contributed by atoms with Crippen LogP contribution in [0.3, 0.4) is 0 Å². The van der Waals surface area contributed by atoms with Crippen LogP contribution in [0.15, 0.2) is 24.3 Å². The molecule has 1 aromatic carbocycles. The van der Waals surface area contributed by atoms with Gasteiger partial charge < -0.3 is 10.4 Å². The lowest BCUT2D eigenvalue weighted by Crippen LogP contribution is -2.49. The van der Waals surface area contributed by atoms with E-state index >= 15 is 0 Å². The summed E-state index contributed by atoms with van der Waals surface area (Å²) in [6, 6.07) is 8.27. The van der Waals surface area contributed by atoms with Crippen molar-refractivity contribution in [3.8, 4) is 0 Å². The van der Waals surface area contributed by atoms with Crippen LogP contribution in [0.5, 0.6) is 0 Å². The Morgan fingerprint density at radius 3 is 2.75 bits per heavy atom. The minimum atomic E-state index is -0.330. The van der Waals surface area contributed by atoms with Crippen LogP contribution < -0.4 is 5.32 Å². The van der Waals surface area contributed by atoms with E-state index in [-0.39, 0.29) is 17.4 Å². The summed E-state index contributed by atoms with van der Waals surface area (Å²) in [5.41, 5.74) is 2.00. The van der Waals surface area contributed by atoms with Crippen molar-refractivity contribution in [3.05, 3.63) is 35.4 Å². The number of aryl methyl sites for hydroxylation is 1. The van der Waals surface area contributed by atoms with Gasteiger partial charge in [0.05, 0.1) is 11.5 Å². The van der Waals surface area contributed by atoms with Gasteiger partial charge in [0, 0.05) is 6.54 Å². The molecule has 3 heteroatoms. The first kappa shape index (κ1) is 15.0. The molecule has 0 spiro atoms. The van der Waals surface area contributed by atoms with Crippen LogP contribution >= 0.6 is 0 Å². The number of hydrogen-bond acceptors (Lipinski definition) is 2. The SMILES string of the molecule is CCC(O)CCNC(=O)C1(c2cccc(C)c2)CCC1. The van der Waals surface area contributed by atoms with Crippen LogP contribution in [0.4, 0.5) is 0 Å². The lowest BCUT2D eigenvalue weighted by molar-refractivity contribution is -0.130. The highest BCUT2D eigenvalue weighted by molar-refractivity contribution is 5.89. The van der Waals surface area contributed by atoms with Gasteiger partial charge in [-0.25, -0.2) is 0 Å². The molecule has 110 valence electrons. The lowest BCUT2D eigenvalue weighted by atomic mass is 9.63. The largest absolute Gasteiger partial charge is 0.393 e. The maximum atomic E-state index is 12.5. The van der Waals surface area contributed by atoms with Crippen molar-refractivity contribution in [1.29, 1.82) is 0 Å². The number of nitrogens with one attached hydrogen (secondary N) is 1. The van der Waals surface area contributed by atoms with Crippen LogP contribution in [0.25, 0.3) is 0 Å². The standard InChI is InChI=1S/C17H25NO2/c1-3-15(19)8-11-18-16(20)17(9-5-10-17)14-7-4-6-13(2)12-14/h4,6-7,12,15,19H,3,5,8-11H2,1-2H3,(H,18,20). The maximum Gasteiger partial charge on any atom is 0.230 e. The second-order valence-corrected chi connectivity index (χ2v) is 5.91. The summed E-state index contributed by atoms with van der Waals surface area (Å²) in [6.07, 6.45) is 4.02. The topological polar surface area (TPSA) is 49.3 Å². The quantitative estimate of drug-likeness (QED) is 0.838. The Kier molecular flexibility index (Phi) is 4.81. The van der Waals surface area contributed by atoms with Crippen LogP contribution in [-0.2, 0) is 10.2 Å². The minimum Gasteiger partial charge on any atom is -0.393 e. The summed E-state index contributed by atoms with van der Waals surface area (Å²) in [5, 5.41) is 12.6. The first-order valence-electron chi connectivity index (χ1n) is 7.62. The van der Waals surface area contributed by atoms with E-state index < -0.39 is 0 Å². The normalized spacial score (nSPS) is 18.1. The summed E-state index contributed by atoms with van der Waals surface area (Å²) >= 11 is 0. The van der Waals surface area contributed by atoms with E-state index in [1.807, 2.05) is 13.0 Å². The smallest absolute Gasteiger partial charge is 0.230 e. The zero-order chi connectivity index (χ0) is 14.6. The molecule has 0 heterocycles. The molecule has 0 saturated heterocycles. The molecule has 1 aliphatic carbocycles. The minimum absolute atomic E-state index is 0.123. The van der Waals surface area contributed by atoms with Gasteiger partial charge in [-0.1, -0.05) is 43.2 Å². The third kappa shape index (κ3) is 3.04. The number of hydrogen-bond donors (Lipinski definition) is 2. The van der Waals surface area contributed by atoms with E-state index in [0.29, 0.717) is 13.0 Å². The van der Waals surface area contributed by atoms with Crippen LogP contribution in [-0.4, -0.2) is 23.7 Å². The Morgan fingerprint density at radius 1 is 1.45 bits per heavy atom. The Balaban J connectivity index is 2.02. The number of benzene rings is 1. The fourth-order valence-electron chi connectivity index (χ4n) is 2.85. The number of carbonyl (C=O) groups is 1. The van der Waals surface area contributed by atoms with Crippen molar-refractivity contribution in [2.45, 2.75) is 57.5 Å². The van der Waals surface area contributed by atoms with E-state index in [4.69, 9.17) is 0 Å². The summed E-state index contributed by atoms with van der Waals surface area (Å²) in [7, 11) is 0. The molecule has 2 rings (SSSR count). The second kappa shape index (κ2) is 6.40. The molecule has 1 fully saturated rings. The zero-order valence-electron chi connectivity index (χ0n) is 12.5. The number of aliphatic hydroxyl groups is 1. The molecule has 3 nitrogen and oxygen atoms in total. The predicted molar refractivity (Wildman–Crippen MR) is 80.6 cm³/mol. The molecule has 0 bridgehead atoms. The van der Waals surface area contributed by atoms with Gasteiger partial charge in [-0.3, -0.25) is 4.79 Å². The fourth-order valence-corrected chi connectivity index (χ4v) is 2.85. The van der Waals surface area contributed by atoms with Crippen molar-refractivity contribution in [2.75, 3.05) is 6.54 Å². The van der Waals surface area contributed by atoms with Gasteiger partial charge >= 0.3 is 0 Å². The van der Waals surface area contributed by atoms with E-state index in [9.17, 15) is 9.90 Å². The molecule has 1 aromatic rings. The van der Waals surface area contributed by atoms with Gasteiger partial charge in [-0.15, -0.1) is 0 Å². The summed E-state index contributed by atoms with van der Waals surface area (Å²) in [5.74, 6) is 0.123. The molecule has 1 atom stereocenters. The van der Waals surface area contributed by atoms with E-state index in [1.165, 1.54) is 5.56 Å². The molecular weight excluding hydrogens is 250 g/mol. The first-order chi connectivity index (χ1) is 9.58. The molecule has 2 N–H and O–H groups in total. The van der Waals surface area contributed by atoms with Crippen molar-refractivity contribution in [3.63, 3.8) is 0 Å². The molecule has 0 aliphatic heterocycles. The molecule has 1 amide bonds. The van der Waals surface area contributed by atoms with Crippen LogP contribution in [0.2, 0.25) is 0 Å². The highest BCUT2D eigenvalue weighted by atomic mass is 16.3. The van der Waals surface area contributed by atoms with E-state index in [1.54, 1.807) is 0 Å². The Bertz CT molecular complexity index is 466. The maximum absolute atomic E-state index is 12.5. The molecule has 0 aromatic heterocycles. The zero-order valence-corrected chi connectivity index (χ0v) is 12.5. The third-order valence-corrected chi connectivity index (χ3v) is 4.45. The number of aliphatic hydroxyl groups excluding tert-OH is 1. The summed E-state index contributed by atoms with van der Waals surface area (Å²) < 4.78 is 0. The average Bonchev–Trinajstić information content (AvgIpc) is 2.37. The fraction of sp³-hybridized carbons (Fsp3) is 0.588. The van der Waals surface area contributed by atoms with Crippen molar-refractivity contribution in [1.82, 2.24) is 5.32 Å². The molecule has 1 saturated carbocycles.